The smallest absolute Gasteiger partial charge is 0.191 e. The summed E-state index contributed by atoms with van der Waals surface area (Å²) in [4.78, 5) is 9.18. The van der Waals surface area contributed by atoms with Gasteiger partial charge in [0.2, 0.25) is 0 Å². The summed E-state index contributed by atoms with van der Waals surface area (Å²) in [6.07, 6.45) is 2.67. The number of hydrogen-bond acceptors (Lipinski definition) is 4. The maximum atomic E-state index is 4.61. The fourth-order valence-corrected chi connectivity index (χ4v) is 3.05. The molecule has 1 aromatic carbocycles. The first-order valence-electron chi connectivity index (χ1n) is 7.97. The van der Waals surface area contributed by atoms with E-state index in [0.717, 1.165) is 48.7 Å². The summed E-state index contributed by atoms with van der Waals surface area (Å²) in [5, 5.41) is 11.0. The van der Waals surface area contributed by atoms with Gasteiger partial charge in [0.25, 0.3) is 0 Å². The molecule has 1 heterocycles. The van der Waals surface area contributed by atoms with Crippen molar-refractivity contribution in [3.8, 4) is 0 Å². The number of anilines is 1. The molecule has 0 bridgehead atoms. The Kier molecular flexibility index (Phi) is 5.11. The normalized spacial score (nSPS) is 15.0. The first-order valence-corrected chi connectivity index (χ1v) is 8.78. The van der Waals surface area contributed by atoms with E-state index in [-0.39, 0.29) is 0 Å². The number of nitrogens with zero attached hydrogens (tertiary/aromatic N) is 2. The lowest BCUT2D eigenvalue weighted by molar-refractivity contribution is 0.788. The molecule has 22 heavy (non-hydrogen) atoms. The summed E-state index contributed by atoms with van der Waals surface area (Å²) in [5.41, 5.74) is 1.06. The molecule has 0 spiro atoms. The zero-order valence-electron chi connectivity index (χ0n) is 12.9. The van der Waals surface area contributed by atoms with Gasteiger partial charge in [0.15, 0.2) is 11.1 Å². The number of aromatic nitrogens is 1. The van der Waals surface area contributed by atoms with Crippen LogP contribution in [0.2, 0.25) is 0 Å². The number of thiazole rings is 1. The minimum atomic E-state index is 0.816. The zero-order chi connectivity index (χ0) is 15.2. The van der Waals surface area contributed by atoms with Gasteiger partial charge in [-0.05, 0) is 37.8 Å². The van der Waals surface area contributed by atoms with Crippen molar-refractivity contribution >= 4 is 32.6 Å². The van der Waals surface area contributed by atoms with Gasteiger partial charge in [0.1, 0.15) is 0 Å². The number of rotatable bonds is 7. The van der Waals surface area contributed by atoms with E-state index in [1.807, 2.05) is 18.2 Å². The first-order chi connectivity index (χ1) is 10.8. The Morgan fingerprint density at radius 3 is 2.91 bits per heavy atom. The van der Waals surface area contributed by atoms with E-state index in [9.17, 15) is 0 Å². The maximum Gasteiger partial charge on any atom is 0.191 e. The third-order valence-corrected chi connectivity index (χ3v) is 4.53. The number of benzene rings is 1. The predicted octanol–water partition coefficient (Wildman–Crippen LogP) is 2.67. The average molecular weight is 317 g/mol. The van der Waals surface area contributed by atoms with E-state index in [0.29, 0.717) is 0 Å². The molecule has 118 valence electrons. The van der Waals surface area contributed by atoms with Gasteiger partial charge in [-0.25, -0.2) is 4.98 Å². The Morgan fingerprint density at radius 1 is 1.27 bits per heavy atom. The molecule has 1 aliphatic carbocycles. The van der Waals surface area contributed by atoms with E-state index in [4.69, 9.17) is 0 Å². The fraction of sp³-hybridized carbons (Fsp3) is 0.500. The molecule has 0 atom stereocenters. The molecule has 1 aliphatic rings. The van der Waals surface area contributed by atoms with Crippen LogP contribution in [0.5, 0.6) is 0 Å². The minimum absolute atomic E-state index is 0.816. The van der Waals surface area contributed by atoms with Crippen molar-refractivity contribution in [3.05, 3.63) is 24.3 Å². The lowest BCUT2D eigenvalue weighted by atomic mass is 10.3. The van der Waals surface area contributed by atoms with E-state index in [2.05, 4.69) is 38.9 Å². The number of hydrogen-bond donors (Lipinski definition) is 3. The van der Waals surface area contributed by atoms with Gasteiger partial charge in [0, 0.05) is 26.2 Å². The van der Waals surface area contributed by atoms with Gasteiger partial charge in [-0.2, -0.15) is 0 Å². The van der Waals surface area contributed by atoms with Gasteiger partial charge in [-0.15, -0.1) is 0 Å². The highest BCUT2D eigenvalue weighted by Crippen LogP contribution is 2.28. The molecule has 0 aliphatic heterocycles. The second-order valence-electron chi connectivity index (χ2n) is 5.50. The lowest BCUT2D eigenvalue weighted by Gasteiger charge is -2.11. The highest BCUT2D eigenvalue weighted by Gasteiger charge is 2.20. The molecule has 0 amide bonds. The SMILES string of the molecule is CCNC(=NCC1CC1)NCCNc1nc2ccccc2s1. The molecule has 1 aromatic heterocycles. The van der Waals surface area contributed by atoms with Crippen LogP contribution in [0.25, 0.3) is 10.2 Å². The van der Waals surface area contributed by atoms with Crippen LogP contribution in [-0.4, -0.2) is 37.1 Å². The molecule has 0 saturated heterocycles. The van der Waals surface area contributed by atoms with Crippen molar-refractivity contribution in [2.24, 2.45) is 10.9 Å². The van der Waals surface area contributed by atoms with Crippen LogP contribution in [0.1, 0.15) is 19.8 Å². The molecule has 0 unspecified atom stereocenters. The maximum absolute atomic E-state index is 4.61. The van der Waals surface area contributed by atoms with E-state index >= 15 is 0 Å². The average Bonchev–Trinajstić information content (AvgIpc) is 3.26. The molecule has 5 nitrogen and oxygen atoms in total. The van der Waals surface area contributed by atoms with E-state index < -0.39 is 0 Å². The number of para-hydroxylation sites is 1. The predicted molar refractivity (Wildman–Crippen MR) is 94.8 cm³/mol. The molecule has 1 saturated carbocycles. The Hall–Kier alpha value is -1.82. The van der Waals surface area contributed by atoms with Crippen LogP contribution in [0.4, 0.5) is 5.13 Å². The van der Waals surface area contributed by atoms with Crippen molar-refractivity contribution in [3.63, 3.8) is 0 Å². The van der Waals surface area contributed by atoms with Crippen LogP contribution in [0.3, 0.4) is 0 Å². The summed E-state index contributed by atoms with van der Waals surface area (Å²) in [5.74, 6) is 1.73. The van der Waals surface area contributed by atoms with Crippen molar-refractivity contribution in [1.29, 1.82) is 0 Å². The van der Waals surface area contributed by atoms with Gasteiger partial charge in [-0.3, -0.25) is 4.99 Å². The number of aliphatic imine (C=N–C) groups is 1. The Labute approximate surface area is 135 Å². The molecule has 0 radical (unpaired) electrons. The Bertz CT molecular complexity index is 599. The fourth-order valence-electron chi connectivity index (χ4n) is 2.16. The van der Waals surface area contributed by atoms with Crippen molar-refractivity contribution in [2.75, 3.05) is 31.5 Å². The lowest BCUT2D eigenvalue weighted by Crippen LogP contribution is -2.39. The third kappa shape index (κ3) is 4.34. The second kappa shape index (κ2) is 7.45. The summed E-state index contributed by atoms with van der Waals surface area (Å²) < 4.78 is 1.22. The summed E-state index contributed by atoms with van der Waals surface area (Å²) in [6, 6.07) is 8.21. The molecular formula is C16H23N5S. The highest BCUT2D eigenvalue weighted by molar-refractivity contribution is 7.22. The van der Waals surface area contributed by atoms with Crippen molar-refractivity contribution in [1.82, 2.24) is 15.6 Å². The standard InChI is InChI=1S/C16H23N5S/c1-2-17-15(20-11-12-7-8-12)18-9-10-19-16-21-13-5-3-4-6-14(13)22-16/h3-6,12H,2,7-11H2,1H3,(H,19,21)(H2,17,18,20). The molecule has 6 heteroatoms. The monoisotopic (exact) mass is 317 g/mol. The van der Waals surface area contributed by atoms with Gasteiger partial charge in [0.05, 0.1) is 10.2 Å². The second-order valence-corrected chi connectivity index (χ2v) is 6.53. The van der Waals surface area contributed by atoms with Crippen LogP contribution >= 0.6 is 11.3 Å². The molecule has 3 rings (SSSR count). The highest BCUT2D eigenvalue weighted by atomic mass is 32.1. The molecule has 2 aromatic rings. The molecule has 3 N–H and O–H groups in total. The number of nitrogens with one attached hydrogen (secondary N) is 3. The van der Waals surface area contributed by atoms with E-state index in [1.165, 1.54) is 17.5 Å². The van der Waals surface area contributed by atoms with Gasteiger partial charge >= 0.3 is 0 Å². The molecular weight excluding hydrogens is 294 g/mol. The zero-order valence-corrected chi connectivity index (χ0v) is 13.7. The van der Waals surface area contributed by atoms with Crippen LogP contribution in [-0.2, 0) is 0 Å². The summed E-state index contributed by atoms with van der Waals surface area (Å²) >= 11 is 1.69. The number of fused-ring (bicyclic) bond motifs is 1. The van der Waals surface area contributed by atoms with Gasteiger partial charge < -0.3 is 16.0 Å². The molecule has 1 fully saturated rings. The van der Waals surface area contributed by atoms with Crippen molar-refractivity contribution < 1.29 is 0 Å². The largest absolute Gasteiger partial charge is 0.360 e. The first kappa shape index (κ1) is 15.1. The summed E-state index contributed by atoms with van der Waals surface area (Å²) in [7, 11) is 0. The van der Waals surface area contributed by atoms with E-state index in [1.54, 1.807) is 11.3 Å². The van der Waals surface area contributed by atoms with Gasteiger partial charge in [-0.1, -0.05) is 23.5 Å². The van der Waals surface area contributed by atoms with Crippen molar-refractivity contribution in [2.45, 2.75) is 19.8 Å². The quantitative estimate of drug-likeness (QED) is 0.417. The minimum Gasteiger partial charge on any atom is -0.360 e. The summed E-state index contributed by atoms with van der Waals surface area (Å²) in [6.45, 7) is 5.58. The number of guanidine groups is 1. The van der Waals surface area contributed by atoms with Crippen LogP contribution in [0, 0.1) is 5.92 Å². The Morgan fingerprint density at radius 2 is 2.14 bits per heavy atom. The topological polar surface area (TPSA) is 61.3 Å². The third-order valence-electron chi connectivity index (χ3n) is 3.54. The Balaban J connectivity index is 1.44. The van der Waals surface area contributed by atoms with Crippen LogP contribution < -0.4 is 16.0 Å². The van der Waals surface area contributed by atoms with Crippen LogP contribution in [0.15, 0.2) is 29.3 Å².